The number of amides is 1. The molecule has 1 aromatic heterocycles. The van der Waals surface area contributed by atoms with E-state index in [0.717, 1.165) is 5.56 Å². The number of anilines is 2. The molecule has 0 spiro atoms. The number of benzene rings is 2. The van der Waals surface area contributed by atoms with Gasteiger partial charge < -0.3 is 19.4 Å². The summed E-state index contributed by atoms with van der Waals surface area (Å²) in [4.78, 5) is 16.7. The van der Waals surface area contributed by atoms with Crippen LogP contribution < -0.4 is 19.1 Å². The van der Waals surface area contributed by atoms with Crippen molar-refractivity contribution in [2.75, 3.05) is 29.4 Å². The third kappa shape index (κ3) is 4.80. The van der Waals surface area contributed by atoms with Crippen LogP contribution in [-0.2, 0) is 27.8 Å². The molecule has 0 unspecified atom stereocenters. The Morgan fingerprint density at radius 2 is 1.91 bits per heavy atom. The summed E-state index contributed by atoms with van der Waals surface area (Å²) in [6.45, 7) is 4.93. The Morgan fingerprint density at radius 3 is 2.70 bits per heavy atom. The predicted molar refractivity (Wildman–Crippen MR) is 124 cm³/mol. The van der Waals surface area contributed by atoms with Gasteiger partial charge in [0.15, 0.2) is 5.03 Å². The van der Waals surface area contributed by atoms with Crippen molar-refractivity contribution in [3.05, 3.63) is 60.6 Å². The zero-order valence-corrected chi connectivity index (χ0v) is 19.3. The number of ether oxygens (including phenoxy) is 2. The molecule has 4 rings (SSSR count). The molecule has 0 radical (unpaired) electrons. The zero-order valence-electron chi connectivity index (χ0n) is 18.5. The molecule has 174 valence electrons. The van der Waals surface area contributed by atoms with E-state index in [4.69, 9.17) is 9.47 Å². The minimum atomic E-state index is -3.82. The molecule has 1 N–H and O–H groups in total. The molecule has 0 atom stereocenters. The maximum absolute atomic E-state index is 13.1. The Balaban J connectivity index is 1.48. The highest BCUT2D eigenvalue weighted by Crippen LogP contribution is 2.32. The second kappa shape index (κ2) is 9.53. The molecule has 1 aliphatic rings. The highest BCUT2D eigenvalue weighted by atomic mass is 32.2. The number of imidazole rings is 1. The molecular weight excluding hydrogens is 444 g/mol. The van der Waals surface area contributed by atoms with Crippen molar-refractivity contribution < 1.29 is 22.7 Å². The van der Waals surface area contributed by atoms with Crippen molar-refractivity contribution in [3.8, 4) is 11.5 Å². The third-order valence-corrected chi connectivity index (χ3v) is 6.87. The summed E-state index contributed by atoms with van der Waals surface area (Å²) in [5, 5.41) is 2.71. The van der Waals surface area contributed by atoms with E-state index in [1.54, 1.807) is 24.3 Å². The minimum absolute atomic E-state index is 0.0969. The van der Waals surface area contributed by atoms with Crippen LogP contribution in [0.5, 0.6) is 11.5 Å². The molecule has 2 heterocycles. The van der Waals surface area contributed by atoms with Crippen LogP contribution in [0.1, 0.15) is 19.4 Å². The van der Waals surface area contributed by atoms with E-state index >= 15 is 0 Å². The van der Waals surface area contributed by atoms with Gasteiger partial charge in [-0.05, 0) is 44.0 Å². The van der Waals surface area contributed by atoms with Crippen LogP contribution >= 0.6 is 0 Å². The second-order valence-corrected chi connectivity index (χ2v) is 9.22. The Hall–Kier alpha value is -3.53. The van der Waals surface area contributed by atoms with Crippen molar-refractivity contribution in [2.24, 2.45) is 0 Å². The van der Waals surface area contributed by atoms with Gasteiger partial charge in [-0.1, -0.05) is 18.2 Å². The fourth-order valence-corrected chi connectivity index (χ4v) is 5.17. The number of hydrogen-bond acceptors (Lipinski definition) is 6. The average molecular weight is 471 g/mol. The first-order valence-electron chi connectivity index (χ1n) is 10.7. The summed E-state index contributed by atoms with van der Waals surface area (Å²) >= 11 is 0. The number of carbonyl (C=O) groups excluding carboxylic acids is 1. The first-order chi connectivity index (χ1) is 15.9. The normalized spacial score (nSPS) is 13.0. The Morgan fingerprint density at radius 1 is 1.12 bits per heavy atom. The molecule has 1 amide bonds. The van der Waals surface area contributed by atoms with E-state index in [2.05, 4.69) is 10.3 Å². The molecule has 0 saturated heterocycles. The molecule has 1 aliphatic heterocycles. The lowest BCUT2D eigenvalue weighted by Gasteiger charge is -2.17. The van der Waals surface area contributed by atoms with Gasteiger partial charge in [-0.2, -0.15) is 8.42 Å². The lowest BCUT2D eigenvalue weighted by molar-refractivity contribution is -0.116. The van der Waals surface area contributed by atoms with Crippen molar-refractivity contribution in [1.29, 1.82) is 0 Å². The molecule has 0 fully saturated rings. The van der Waals surface area contributed by atoms with Crippen molar-refractivity contribution in [3.63, 3.8) is 0 Å². The van der Waals surface area contributed by atoms with Gasteiger partial charge >= 0.3 is 0 Å². The fourth-order valence-electron chi connectivity index (χ4n) is 3.73. The monoisotopic (exact) mass is 470 g/mol. The topological polar surface area (TPSA) is 103 Å². The highest BCUT2D eigenvalue weighted by molar-refractivity contribution is 7.92. The number of carbonyl (C=O) groups is 1. The van der Waals surface area contributed by atoms with Crippen LogP contribution in [0, 0.1) is 0 Å². The van der Waals surface area contributed by atoms with Gasteiger partial charge in [0.1, 0.15) is 18.0 Å². The van der Waals surface area contributed by atoms with Gasteiger partial charge in [-0.3, -0.25) is 9.10 Å². The minimum Gasteiger partial charge on any atom is -0.494 e. The van der Waals surface area contributed by atoms with E-state index in [1.165, 1.54) is 21.4 Å². The summed E-state index contributed by atoms with van der Waals surface area (Å²) < 4.78 is 40.1. The molecule has 3 aromatic rings. The summed E-state index contributed by atoms with van der Waals surface area (Å²) in [6, 6.07) is 12.6. The van der Waals surface area contributed by atoms with Crippen LogP contribution in [-0.4, -0.2) is 43.6 Å². The van der Waals surface area contributed by atoms with Gasteiger partial charge in [-0.15, -0.1) is 0 Å². The summed E-state index contributed by atoms with van der Waals surface area (Å²) in [5.74, 6) is 0.784. The number of fused-ring (bicyclic) bond motifs is 1. The largest absolute Gasteiger partial charge is 0.494 e. The van der Waals surface area contributed by atoms with Gasteiger partial charge in [0.25, 0.3) is 10.0 Å². The van der Waals surface area contributed by atoms with Gasteiger partial charge in [0, 0.05) is 18.8 Å². The van der Waals surface area contributed by atoms with E-state index in [0.29, 0.717) is 49.1 Å². The summed E-state index contributed by atoms with van der Waals surface area (Å²) in [5.41, 5.74) is 2.14. The summed E-state index contributed by atoms with van der Waals surface area (Å²) in [7, 11) is -3.82. The smallest absolute Gasteiger partial charge is 0.283 e. The number of aromatic nitrogens is 2. The van der Waals surface area contributed by atoms with Crippen LogP contribution in [0.2, 0.25) is 0 Å². The first kappa shape index (κ1) is 22.7. The van der Waals surface area contributed by atoms with Crippen LogP contribution in [0.25, 0.3) is 0 Å². The van der Waals surface area contributed by atoms with Crippen molar-refractivity contribution in [1.82, 2.24) is 9.55 Å². The lowest BCUT2D eigenvalue weighted by atomic mass is 10.2. The number of hydrogen-bond donors (Lipinski definition) is 1. The molecular formula is C23H26N4O5S. The van der Waals surface area contributed by atoms with E-state index in [1.807, 2.05) is 32.0 Å². The number of nitrogens with one attached hydrogen (secondary N) is 1. The third-order valence-electron chi connectivity index (χ3n) is 5.17. The maximum atomic E-state index is 13.1. The first-order valence-corrected chi connectivity index (χ1v) is 12.2. The number of para-hydroxylation sites is 1. The van der Waals surface area contributed by atoms with E-state index < -0.39 is 10.0 Å². The predicted octanol–water partition coefficient (Wildman–Crippen LogP) is 3.07. The van der Waals surface area contributed by atoms with Crippen LogP contribution in [0.15, 0.2) is 60.0 Å². The van der Waals surface area contributed by atoms with Gasteiger partial charge in [0.2, 0.25) is 5.91 Å². The van der Waals surface area contributed by atoms with Gasteiger partial charge in [-0.25, -0.2) is 4.98 Å². The molecule has 2 aromatic carbocycles. The van der Waals surface area contributed by atoms with E-state index in [9.17, 15) is 13.2 Å². The van der Waals surface area contributed by atoms with E-state index in [-0.39, 0.29) is 17.5 Å². The zero-order chi connectivity index (χ0) is 23.4. The molecule has 10 heteroatoms. The maximum Gasteiger partial charge on any atom is 0.283 e. The number of nitrogens with zero attached hydrogens (tertiary/aromatic N) is 3. The Labute approximate surface area is 193 Å². The van der Waals surface area contributed by atoms with Crippen LogP contribution in [0.4, 0.5) is 11.4 Å². The van der Waals surface area contributed by atoms with Crippen LogP contribution in [0.3, 0.4) is 0 Å². The molecule has 0 bridgehead atoms. The quantitative estimate of drug-likeness (QED) is 0.516. The Bertz CT molecular complexity index is 1260. The number of sulfonamides is 1. The standard InChI is InChI=1S/C23H26N4O5S/c1-3-31-18-9-10-21(32-4-2)19(13-18)25-22(28)14-26-15-23(24-16-26)33(29,30)27-12-11-17-7-5-6-8-20(17)27/h5-10,13,15-16H,3-4,11-12,14H2,1-2H3,(H,25,28). The molecule has 9 nitrogen and oxygen atoms in total. The van der Waals surface area contributed by atoms with Crippen molar-refractivity contribution >= 4 is 27.3 Å². The number of rotatable bonds is 9. The molecule has 0 saturated carbocycles. The Kier molecular flexibility index (Phi) is 6.55. The average Bonchev–Trinajstić information content (AvgIpc) is 3.44. The molecule has 0 aliphatic carbocycles. The second-order valence-electron chi connectivity index (χ2n) is 7.41. The highest BCUT2D eigenvalue weighted by Gasteiger charge is 2.32. The van der Waals surface area contributed by atoms with Gasteiger partial charge in [0.05, 0.1) is 30.9 Å². The van der Waals surface area contributed by atoms with Crippen molar-refractivity contribution in [2.45, 2.75) is 31.8 Å². The fraction of sp³-hybridized carbons (Fsp3) is 0.304. The lowest BCUT2D eigenvalue weighted by Crippen LogP contribution is -2.29. The molecule has 33 heavy (non-hydrogen) atoms. The SMILES string of the molecule is CCOc1ccc(OCC)c(NC(=O)Cn2cnc(S(=O)(=O)N3CCc4ccccc43)c2)c1. The summed E-state index contributed by atoms with van der Waals surface area (Å²) in [6.07, 6.45) is 3.37.